The number of hydrogen-bond acceptors (Lipinski definition) is 6. The van der Waals surface area contributed by atoms with Crippen LogP contribution in [-0.4, -0.2) is 53.2 Å². The Morgan fingerprint density at radius 2 is 2.29 bits per heavy atom. The molecule has 2 rings (SSSR count). The maximum absolute atomic E-state index is 12.2. The minimum atomic E-state index is -0.556. The lowest BCUT2D eigenvalue weighted by molar-refractivity contribution is -0.0322. The summed E-state index contributed by atoms with van der Waals surface area (Å²) in [6.07, 6.45) is 1.40. The first-order chi connectivity index (χ1) is 9.87. The molecule has 0 N–H and O–H groups in total. The van der Waals surface area contributed by atoms with Crippen molar-refractivity contribution in [3.05, 3.63) is 16.6 Å². The maximum atomic E-state index is 12.2. The molecule has 0 spiro atoms. The molecular formula is C14H20N2O4S. The van der Waals surface area contributed by atoms with Crippen LogP contribution in [0.5, 0.6) is 0 Å². The summed E-state index contributed by atoms with van der Waals surface area (Å²) in [5.41, 5.74) is -0.556. The van der Waals surface area contributed by atoms with Gasteiger partial charge in [0.1, 0.15) is 5.60 Å². The molecule has 1 aromatic heterocycles. The van der Waals surface area contributed by atoms with Crippen molar-refractivity contribution in [3.63, 3.8) is 0 Å². The highest BCUT2D eigenvalue weighted by molar-refractivity contribution is 7.11. The number of carbonyl (C=O) groups excluding carboxylic acids is 2. The second kappa shape index (κ2) is 6.53. The van der Waals surface area contributed by atoms with E-state index in [0.29, 0.717) is 24.8 Å². The minimum Gasteiger partial charge on any atom is -0.444 e. The summed E-state index contributed by atoms with van der Waals surface area (Å²) in [5.74, 6) is -0.0749. The van der Waals surface area contributed by atoms with E-state index in [9.17, 15) is 9.59 Å². The summed E-state index contributed by atoms with van der Waals surface area (Å²) >= 11 is 1.30. The highest BCUT2D eigenvalue weighted by Gasteiger charge is 2.32. The molecule has 0 aromatic carbocycles. The lowest BCUT2D eigenvalue weighted by Crippen LogP contribution is -2.51. The first kappa shape index (κ1) is 15.9. The number of morpholine rings is 1. The number of amides is 1. The maximum Gasteiger partial charge on any atom is 0.410 e. The van der Waals surface area contributed by atoms with Crippen LogP contribution in [0, 0.1) is 0 Å². The molecule has 0 saturated carbocycles. The Morgan fingerprint density at radius 1 is 1.52 bits per heavy atom. The molecule has 1 atom stereocenters. The summed E-state index contributed by atoms with van der Waals surface area (Å²) < 4.78 is 10.8. The van der Waals surface area contributed by atoms with Gasteiger partial charge in [0.2, 0.25) is 0 Å². The number of Topliss-reactive ketones (excluding diaryl/α,β-unsaturated/α-hetero) is 1. The highest BCUT2D eigenvalue weighted by Crippen LogP contribution is 2.18. The Morgan fingerprint density at radius 3 is 2.90 bits per heavy atom. The fourth-order valence-corrected chi connectivity index (χ4v) is 2.63. The molecule has 0 bridgehead atoms. The van der Waals surface area contributed by atoms with E-state index in [-0.39, 0.29) is 18.2 Å². The minimum absolute atomic E-state index is 0.0749. The summed E-state index contributed by atoms with van der Waals surface area (Å²) in [6.45, 7) is 6.70. The SMILES string of the molecule is CC(C)(C)OC(=O)N1CCOCC1CC(=O)c1nccs1. The fourth-order valence-electron chi connectivity index (χ4n) is 2.05. The van der Waals surface area contributed by atoms with Gasteiger partial charge < -0.3 is 14.4 Å². The van der Waals surface area contributed by atoms with Gasteiger partial charge in [-0.3, -0.25) is 4.79 Å². The molecule has 2 heterocycles. The van der Waals surface area contributed by atoms with Gasteiger partial charge in [-0.05, 0) is 20.8 Å². The predicted molar refractivity (Wildman–Crippen MR) is 78.6 cm³/mol. The van der Waals surface area contributed by atoms with Crippen LogP contribution in [0.15, 0.2) is 11.6 Å². The number of hydrogen-bond donors (Lipinski definition) is 0. The van der Waals surface area contributed by atoms with Crippen LogP contribution in [0.25, 0.3) is 0 Å². The normalized spacial score (nSPS) is 19.4. The summed E-state index contributed by atoms with van der Waals surface area (Å²) in [7, 11) is 0. The molecule has 1 saturated heterocycles. The number of ketones is 1. The predicted octanol–water partition coefficient (Wildman–Crippen LogP) is 2.35. The van der Waals surface area contributed by atoms with Gasteiger partial charge >= 0.3 is 6.09 Å². The lowest BCUT2D eigenvalue weighted by Gasteiger charge is -2.36. The third-order valence-corrected chi connectivity index (χ3v) is 3.76. The molecule has 0 aliphatic carbocycles. The van der Waals surface area contributed by atoms with Crippen LogP contribution in [-0.2, 0) is 9.47 Å². The Bertz CT molecular complexity index is 496. The van der Waals surface area contributed by atoms with E-state index in [1.165, 1.54) is 11.3 Å². The van der Waals surface area contributed by atoms with Crippen LogP contribution in [0.1, 0.15) is 37.0 Å². The molecule has 7 heteroatoms. The first-order valence-electron chi connectivity index (χ1n) is 6.87. The molecule has 21 heavy (non-hydrogen) atoms. The average Bonchev–Trinajstić information content (AvgIpc) is 2.91. The largest absolute Gasteiger partial charge is 0.444 e. The van der Waals surface area contributed by atoms with E-state index in [2.05, 4.69) is 4.98 Å². The standard InChI is InChI=1S/C14H20N2O4S/c1-14(2,3)20-13(18)16-5-6-19-9-10(16)8-11(17)12-15-4-7-21-12/h4,7,10H,5-6,8-9H2,1-3H3. The number of thiazole rings is 1. The van der Waals surface area contributed by atoms with E-state index < -0.39 is 11.7 Å². The van der Waals surface area contributed by atoms with Gasteiger partial charge in [-0.25, -0.2) is 9.78 Å². The smallest absolute Gasteiger partial charge is 0.410 e. The molecule has 1 fully saturated rings. The Kier molecular flexibility index (Phi) is 4.95. The number of aromatic nitrogens is 1. The zero-order valence-corrected chi connectivity index (χ0v) is 13.3. The zero-order chi connectivity index (χ0) is 15.5. The van der Waals surface area contributed by atoms with Crippen molar-refractivity contribution in [1.29, 1.82) is 0 Å². The van der Waals surface area contributed by atoms with E-state index in [4.69, 9.17) is 9.47 Å². The van der Waals surface area contributed by atoms with Gasteiger partial charge in [-0.1, -0.05) is 0 Å². The van der Waals surface area contributed by atoms with Gasteiger partial charge in [-0.15, -0.1) is 11.3 Å². The second-order valence-corrected chi connectivity index (χ2v) is 6.76. The van der Waals surface area contributed by atoms with Crippen LogP contribution in [0.3, 0.4) is 0 Å². The van der Waals surface area contributed by atoms with Crippen LogP contribution < -0.4 is 0 Å². The van der Waals surface area contributed by atoms with Crippen LogP contribution in [0.2, 0.25) is 0 Å². The molecule has 1 aromatic rings. The molecule has 0 radical (unpaired) electrons. The molecule has 1 unspecified atom stereocenters. The second-order valence-electron chi connectivity index (χ2n) is 5.87. The van der Waals surface area contributed by atoms with Crippen molar-refractivity contribution >= 4 is 23.2 Å². The zero-order valence-electron chi connectivity index (χ0n) is 12.5. The molecule has 6 nitrogen and oxygen atoms in total. The van der Waals surface area contributed by atoms with Crippen molar-refractivity contribution in [1.82, 2.24) is 9.88 Å². The molecule has 116 valence electrons. The van der Waals surface area contributed by atoms with E-state index in [1.807, 2.05) is 20.8 Å². The third kappa shape index (κ3) is 4.50. The number of nitrogens with zero attached hydrogens (tertiary/aromatic N) is 2. The summed E-state index contributed by atoms with van der Waals surface area (Å²) in [5, 5.41) is 2.22. The number of carbonyl (C=O) groups is 2. The van der Waals surface area contributed by atoms with Gasteiger partial charge in [0.25, 0.3) is 0 Å². The van der Waals surface area contributed by atoms with Gasteiger partial charge in [0.05, 0.1) is 19.3 Å². The van der Waals surface area contributed by atoms with Gasteiger partial charge in [-0.2, -0.15) is 0 Å². The van der Waals surface area contributed by atoms with E-state index in [0.717, 1.165) is 0 Å². The van der Waals surface area contributed by atoms with Crippen molar-refractivity contribution in [3.8, 4) is 0 Å². The first-order valence-corrected chi connectivity index (χ1v) is 7.75. The Balaban J connectivity index is 2.02. The third-order valence-electron chi connectivity index (χ3n) is 2.95. The van der Waals surface area contributed by atoms with Gasteiger partial charge in [0.15, 0.2) is 10.8 Å². The summed E-state index contributed by atoms with van der Waals surface area (Å²) in [4.78, 5) is 29.9. The van der Waals surface area contributed by atoms with Crippen LogP contribution in [0.4, 0.5) is 4.79 Å². The number of rotatable bonds is 3. The van der Waals surface area contributed by atoms with E-state index >= 15 is 0 Å². The van der Waals surface area contributed by atoms with Crippen molar-refractivity contribution < 1.29 is 19.1 Å². The summed E-state index contributed by atoms with van der Waals surface area (Å²) in [6, 6.07) is -0.301. The average molecular weight is 312 g/mol. The topological polar surface area (TPSA) is 68.7 Å². The highest BCUT2D eigenvalue weighted by atomic mass is 32.1. The monoisotopic (exact) mass is 312 g/mol. The molecule has 1 aliphatic heterocycles. The van der Waals surface area contributed by atoms with Gasteiger partial charge in [0, 0.05) is 24.5 Å². The van der Waals surface area contributed by atoms with Crippen LogP contribution >= 0.6 is 11.3 Å². The lowest BCUT2D eigenvalue weighted by atomic mass is 10.1. The molecular weight excluding hydrogens is 292 g/mol. The van der Waals surface area contributed by atoms with Crippen molar-refractivity contribution in [2.75, 3.05) is 19.8 Å². The molecule has 1 aliphatic rings. The van der Waals surface area contributed by atoms with Crippen molar-refractivity contribution in [2.24, 2.45) is 0 Å². The quantitative estimate of drug-likeness (QED) is 0.801. The number of ether oxygens (including phenoxy) is 2. The van der Waals surface area contributed by atoms with Crippen molar-refractivity contribution in [2.45, 2.75) is 38.8 Å². The Labute approximate surface area is 128 Å². The molecule has 1 amide bonds. The fraction of sp³-hybridized carbons (Fsp3) is 0.643. The van der Waals surface area contributed by atoms with E-state index in [1.54, 1.807) is 16.5 Å². The Hall–Kier alpha value is -1.47.